The summed E-state index contributed by atoms with van der Waals surface area (Å²) in [6.07, 6.45) is 3.81. The number of amides is 1. The summed E-state index contributed by atoms with van der Waals surface area (Å²) in [5.74, 6) is 0.454. The maximum absolute atomic E-state index is 11.9. The molecule has 21 heavy (non-hydrogen) atoms. The summed E-state index contributed by atoms with van der Waals surface area (Å²) in [5, 5.41) is 12.7. The van der Waals surface area contributed by atoms with Crippen molar-refractivity contribution in [2.45, 2.75) is 13.0 Å². The molecule has 0 unspecified atom stereocenters. The van der Waals surface area contributed by atoms with Gasteiger partial charge in [-0.25, -0.2) is 0 Å². The van der Waals surface area contributed by atoms with Crippen LogP contribution in [-0.4, -0.2) is 25.5 Å². The molecule has 2 aromatic heterocycles. The van der Waals surface area contributed by atoms with Gasteiger partial charge in [0.25, 0.3) is 0 Å². The van der Waals surface area contributed by atoms with Crippen LogP contribution in [0.4, 0.5) is 5.82 Å². The van der Waals surface area contributed by atoms with Crippen molar-refractivity contribution in [1.82, 2.24) is 19.6 Å². The lowest BCUT2D eigenvalue weighted by atomic mass is 10.2. The van der Waals surface area contributed by atoms with E-state index in [1.165, 1.54) is 0 Å². The molecular formula is C14H14ClN5O. The average molecular weight is 304 g/mol. The lowest BCUT2D eigenvalue weighted by Gasteiger charge is -2.04. The summed E-state index contributed by atoms with van der Waals surface area (Å²) in [6.45, 7) is 0.489. The fraction of sp³-hybridized carbons (Fsp3) is 0.214. The van der Waals surface area contributed by atoms with Gasteiger partial charge in [-0.05, 0) is 12.1 Å². The molecule has 2 heterocycles. The van der Waals surface area contributed by atoms with Crippen LogP contribution in [0.5, 0.6) is 0 Å². The Labute approximate surface area is 126 Å². The van der Waals surface area contributed by atoms with E-state index in [9.17, 15) is 4.79 Å². The molecule has 0 saturated heterocycles. The standard InChI is InChI=1S/C14H14ClN5O/c1-19-7-5-13(18-19)17-14(21)6-8-20-12-4-2-3-11(15)10(12)9-16-20/h2-5,7,9H,6,8H2,1H3,(H,17,18,21). The van der Waals surface area contributed by atoms with E-state index in [2.05, 4.69) is 15.5 Å². The minimum atomic E-state index is -0.0978. The highest BCUT2D eigenvalue weighted by Crippen LogP contribution is 2.22. The third-order valence-electron chi connectivity index (χ3n) is 3.17. The molecule has 0 saturated carbocycles. The largest absolute Gasteiger partial charge is 0.309 e. The van der Waals surface area contributed by atoms with Crippen LogP contribution in [0.15, 0.2) is 36.7 Å². The summed E-state index contributed by atoms with van der Waals surface area (Å²) in [4.78, 5) is 11.9. The zero-order valence-electron chi connectivity index (χ0n) is 11.5. The molecule has 1 aromatic carbocycles. The van der Waals surface area contributed by atoms with Crippen molar-refractivity contribution in [3.63, 3.8) is 0 Å². The zero-order valence-corrected chi connectivity index (χ0v) is 12.2. The van der Waals surface area contributed by atoms with E-state index in [-0.39, 0.29) is 5.91 Å². The van der Waals surface area contributed by atoms with Gasteiger partial charge in [-0.2, -0.15) is 10.2 Å². The van der Waals surface area contributed by atoms with Crippen molar-refractivity contribution in [2.24, 2.45) is 7.05 Å². The second kappa shape index (κ2) is 5.57. The van der Waals surface area contributed by atoms with Crippen LogP contribution in [0.3, 0.4) is 0 Å². The molecule has 0 spiro atoms. The van der Waals surface area contributed by atoms with Crippen LogP contribution in [-0.2, 0) is 18.4 Å². The van der Waals surface area contributed by atoms with E-state index in [0.717, 1.165) is 10.9 Å². The Kier molecular flexibility index (Phi) is 3.62. The number of aromatic nitrogens is 4. The van der Waals surface area contributed by atoms with Gasteiger partial charge >= 0.3 is 0 Å². The molecule has 108 valence electrons. The molecule has 0 atom stereocenters. The number of benzene rings is 1. The zero-order chi connectivity index (χ0) is 14.8. The van der Waals surface area contributed by atoms with Crippen molar-refractivity contribution in [1.29, 1.82) is 0 Å². The highest BCUT2D eigenvalue weighted by Gasteiger charge is 2.08. The Morgan fingerprint density at radius 3 is 3.00 bits per heavy atom. The lowest BCUT2D eigenvalue weighted by Crippen LogP contribution is -2.15. The van der Waals surface area contributed by atoms with E-state index >= 15 is 0 Å². The molecule has 3 aromatic rings. The SMILES string of the molecule is Cn1ccc(NC(=O)CCn2ncc3c(Cl)cccc32)n1. The second-order valence-electron chi connectivity index (χ2n) is 4.71. The van der Waals surface area contributed by atoms with Gasteiger partial charge in [0.2, 0.25) is 5.91 Å². The summed E-state index contributed by atoms with van der Waals surface area (Å²) in [6, 6.07) is 7.38. The molecular weight excluding hydrogens is 290 g/mol. The number of hydrogen-bond acceptors (Lipinski definition) is 3. The van der Waals surface area contributed by atoms with E-state index in [1.807, 2.05) is 18.2 Å². The molecule has 0 fully saturated rings. The Morgan fingerprint density at radius 2 is 2.24 bits per heavy atom. The lowest BCUT2D eigenvalue weighted by molar-refractivity contribution is -0.116. The molecule has 1 N–H and O–H groups in total. The maximum atomic E-state index is 11.9. The molecule has 7 heteroatoms. The number of nitrogens with one attached hydrogen (secondary N) is 1. The van der Waals surface area contributed by atoms with Crippen molar-refractivity contribution >= 4 is 34.2 Å². The summed E-state index contributed by atoms with van der Waals surface area (Å²) < 4.78 is 3.41. The van der Waals surface area contributed by atoms with Crippen LogP contribution in [0, 0.1) is 0 Å². The third-order valence-corrected chi connectivity index (χ3v) is 3.50. The summed E-state index contributed by atoms with van der Waals surface area (Å²) in [5.41, 5.74) is 0.924. The van der Waals surface area contributed by atoms with Gasteiger partial charge in [-0.3, -0.25) is 14.2 Å². The number of rotatable bonds is 4. The minimum Gasteiger partial charge on any atom is -0.309 e. The van der Waals surface area contributed by atoms with Gasteiger partial charge in [0.1, 0.15) is 0 Å². The normalized spacial score (nSPS) is 11.0. The number of carbonyl (C=O) groups excluding carboxylic acids is 1. The Morgan fingerprint density at radius 1 is 1.38 bits per heavy atom. The number of hydrogen-bond donors (Lipinski definition) is 1. The number of carbonyl (C=O) groups is 1. The number of nitrogens with zero attached hydrogens (tertiary/aromatic N) is 4. The van der Waals surface area contributed by atoms with E-state index in [1.54, 1.807) is 34.9 Å². The third kappa shape index (κ3) is 2.90. The van der Waals surface area contributed by atoms with Crippen LogP contribution >= 0.6 is 11.6 Å². The molecule has 0 radical (unpaired) electrons. The number of halogens is 1. The fourth-order valence-corrected chi connectivity index (χ4v) is 2.36. The van der Waals surface area contributed by atoms with Gasteiger partial charge in [0.15, 0.2) is 5.82 Å². The van der Waals surface area contributed by atoms with Crippen molar-refractivity contribution in [3.05, 3.63) is 41.7 Å². The predicted octanol–water partition coefficient (Wildman–Crippen LogP) is 2.45. The Bertz CT molecular complexity index is 792. The molecule has 0 aliphatic rings. The minimum absolute atomic E-state index is 0.0978. The number of aryl methyl sites for hydroxylation is 2. The average Bonchev–Trinajstić information content (AvgIpc) is 3.04. The Balaban J connectivity index is 1.66. The topological polar surface area (TPSA) is 64.7 Å². The molecule has 3 rings (SSSR count). The van der Waals surface area contributed by atoms with E-state index < -0.39 is 0 Å². The molecule has 6 nitrogen and oxygen atoms in total. The second-order valence-corrected chi connectivity index (χ2v) is 5.12. The van der Waals surface area contributed by atoms with Gasteiger partial charge < -0.3 is 5.32 Å². The van der Waals surface area contributed by atoms with Crippen molar-refractivity contribution < 1.29 is 4.79 Å². The quantitative estimate of drug-likeness (QED) is 0.805. The van der Waals surface area contributed by atoms with Crippen LogP contribution in [0.2, 0.25) is 5.02 Å². The van der Waals surface area contributed by atoms with Gasteiger partial charge in [0, 0.05) is 31.1 Å². The molecule has 0 aliphatic heterocycles. The highest BCUT2D eigenvalue weighted by atomic mass is 35.5. The predicted molar refractivity (Wildman–Crippen MR) is 81.2 cm³/mol. The molecule has 1 amide bonds. The molecule has 0 aliphatic carbocycles. The Hall–Kier alpha value is -2.34. The first kappa shape index (κ1) is 13.6. The van der Waals surface area contributed by atoms with Crippen molar-refractivity contribution in [3.8, 4) is 0 Å². The highest BCUT2D eigenvalue weighted by molar-refractivity contribution is 6.35. The van der Waals surface area contributed by atoms with E-state index in [4.69, 9.17) is 11.6 Å². The monoisotopic (exact) mass is 303 g/mol. The summed E-state index contributed by atoms with van der Waals surface area (Å²) >= 11 is 6.10. The van der Waals surface area contributed by atoms with E-state index in [0.29, 0.717) is 23.8 Å². The molecule has 0 bridgehead atoms. The first-order valence-electron chi connectivity index (χ1n) is 6.53. The van der Waals surface area contributed by atoms with Crippen molar-refractivity contribution in [2.75, 3.05) is 5.32 Å². The number of anilines is 1. The van der Waals surface area contributed by atoms with Gasteiger partial charge in [0.05, 0.1) is 23.3 Å². The first-order chi connectivity index (χ1) is 10.1. The smallest absolute Gasteiger partial charge is 0.227 e. The van der Waals surface area contributed by atoms with Gasteiger partial charge in [-0.15, -0.1) is 0 Å². The summed E-state index contributed by atoms with van der Waals surface area (Å²) in [7, 11) is 1.80. The number of fused-ring (bicyclic) bond motifs is 1. The van der Waals surface area contributed by atoms with Crippen LogP contribution in [0.1, 0.15) is 6.42 Å². The van der Waals surface area contributed by atoms with Crippen LogP contribution < -0.4 is 5.32 Å². The maximum Gasteiger partial charge on any atom is 0.227 e. The van der Waals surface area contributed by atoms with Gasteiger partial charge in [-0.1, -0.05) is 17.7 Å². The fourth-order valence-electron chi connectivity index (χ4n) is 2.14. The van der Waals surface area contributed by atoms with Crippen LogP contribution in [0.25, 0.3) is 10.9 Å². The first-order valence-corrected chi connectivity index (χ1v) is 6.91.